The van der Waals surface area contributed by atoms with Crippen LogP contribution in [0.15, 0.2) is 205 Å². The van der Waals surface area contributed by atoms with E-state index >= 15 is 0 Å². The summed E-state index contributed by atoms with van der Waals surface area (Å²) in [6.07, 6.45) is 0. The molecule has 3 heteroatoms. The number of hydrogen-bond acceptors (Lipinski definition) is 1. The van der Waals surface area contributed by atoms with E-state index in [4.69, 9.17) is 24.7 Å². The van der Waals surface area contributed by atoms with Crippen LogP contribution in [0, 0.1) is 0 Å². The second kappa shape index (κ2) is 12.7. The number of fused-ring (bicyclic) bond motifs is 9. The third-order valence-corrected chi connectivity index (χ3v) is 10.2. The van der Waals surface area contributed by atoms with Crippen molar-refractivity contribution in [2.24, 2.45) is 0 Å². The molecule has 0 amide bonds. The van der Waals surface area contributed by atoms with E-state index < -0.39 is 299 Å². The Bertz CT molecular complexity index is 5470. The molecule has 0 bridgehead atoms. The zero-order chi connectivity index (χ0) is 67.0. The van der Waals surface area contributed by atoms with Crippen molar-refractivity contribution >= 4 is 75.1 Å². The fourth-order valence-corrected chi connectivity index (χ4v) is 7.75. The van der Waals surface area contributed by atoms with Gasteiger partial charge in [0.05, 0.1) is 74.4 Å². The maximum Gasteiger partial charge on any atom is 0.0652 e. The number of rotatable bonds is 5. The van der Waals surface area contributed by atoms with Gasteiger partial charge in [0.2, 0.25) is 0 Å². The Morgan fingerprint density at radius 3 is 1.54 bits per heavy atom. The molecule has 0 saturated carbocycles. The zero-order valence-electron chi connectivity index (χ0n) is 62.3. The fourth-order valence-electron chi connectivity index (χ4n) is 6.78. The molecule has 0 atom stereocenters. The number of nitrogens with zero attached hydrogens (tertiary/aromatic N) is 2. The minimum absolute atomic E-state index is 0.212. The quantitative estimate of drug-likeness (QED) is 0.165. The highest BCUT2D eigenvalue weighted by atomic mass is 32.1. The van der Waals surface area contributed by atoms with Gasteiger partial charge >= 0.3 is 0 Å². The largest absolute Gasteiger partial charge is 0.309 e. The van der Waals surface area contributed by atoms with Gasteiger partial charge in [-0.05, 0) is 94.3 Å². The molecule has 0 unspecified atom stereocenters. The summed E-state index contributed by atoms with van der Waals surface area (Å²) in [5, 5.41) is -3.61. The van der Waals surface area contributed by atoms with Crippen LogP contribution >= 0.6 is 11.3 Å². The number of aromatic nitrogens is 2. The van der Waals surface area contributed by atoms with Crippen molar-refractivity contribution in [2.75, 3.05) is 0 Å². The summed E-state index contributed by atoms with van der Waals surface area (Å²) in [6.45, 7) is 0. The molecule has 2 nitrogen and oxygen atoms in total. The maximum atomic E-state index is 10.2. The molecule has 9 aromatic carbocycles. The minimum atomic E-state index is -1.16. The highest BCUT2D eigenvalue weighted by Gasteiger charge is 2.20. The minimum Gasteiger partial charge on any atom is -0.309 e. The summed E-state index contributed by atoms with van der Waals surface area (Å²) in [5.41, 5.74) is -9.82. The van der Waals surface area contributed by atoms with Crippen LogP contribution < -0.4 is 0 Å². The Balaban J connectivity index is 1.29. The topological polar surface area (TPSA) is 9.86 Å². The van der Waals surface area contributed by atoms with Crippen LogP contribution in [-0.4, -0.2) is 9.13 Å². The molecular weight excluding hydrogens is 709 g/mol. The predicted octanol–water partition coefficient (Wildman–Crippen LogP) is 15.2. The van der Waals surface area contributed by atoms with Gasteiger partial charge in [0.1, 0.15) is 0 Å². The summed E-state index contributed by atoms with van der Waals surface area (Å²) >= 11 is 0.581. The number of hydrogen-bond donors (Lipinski definition) is 0. The van der Waals surface area contributed by atoms with Crippen LogP contribution in [0.3, 0.4) is 0 Å². The Morgan fingerprint density at radius 1 is 0.316 bits per heavy atom. The Labute approximate surface area is 381 Å². The van der Waals surface area contributed by atoms with Crippen molar-refractivity contribution in [3.63, 3.8) is 0 Å². The molecule has 57 heavy (non-hydrogen) atoms. The number of benzene rings is 9. The standard InChI is InChI=1S/C54H34N2S/c1-3-14-35(15-4-1)37-18-13-19-40(30-37)55-48-23-10-7-20-41(48)45-31-38(26-28-50(45)55)39-27-29-51-46(32-39)42-21-8-11-24-49(42)56(51)52-33-47-43-22-9-12-25-53(43)57-54(47)34-44(52)36-16-5-2-6-17-36/h1-34H/i1D,2D,3D,4D,5D,6D,7D,8D,9D,10D,11D,12D,13D,14D,15D,16D,17D,18D,19D,20D,21D,22D,23D,24D,25D,26D,27D,28D,29D,30D,31D,32D,33D,34D. The van der Waals surface area contributed by atoms with E-state index in [0.717, 1.165) is 4.57 Å². The lowest BCUT2D eigenvalue weighted by Gasteiger charge is -2.15. The van der Waals surface area contributed by atoms with E-state index in [1.165, 1.54) is 0 Å². The second-order valence-electron chi connectivity index (χ2n) is 12.3. The fraction of sp³-hybridized carbons (Fsp3) is 0. The third kappa shape index (κ3) is 5.03. The van der Waals surface area contributed by atoms with E-state index in [1.807, 2.05) is 0 Å². The normalized spacial score (nSPS) is 20.2. The zero-order valence-corrected chi connectivity index (χ0v) is 29.1. The van der Waals surface area contributed by atoms with E-state index in [0.29, 0.717) is 15.9 Å². The summed E-state index contributed by atoms with van der Waals surface area (Å²) in [7, 11) is 0. The highest BCUT2D eigenvalue weighted by molar-refractivity contribution is 7.25. The molecule has 266 valence electrons. The molecule has 3 heterocycles. The molecule has 0 aliphatic rings. The molecular formula is C54H34N2S. The van der Waals surface area contributed by atoms with E-state index in [2.05, 4.69) is 0 Å². The van der Waals surface area contributed by atoms with Gasteiger partial charge in [-0.25, -0.2) is 0 Å². The molecule has 0 radical (unpaired) electrons. The lowest BCUT2D eigenvalue weighted by atomic mass is 10.00. The number of thiophene rings is 1. The molecule has 0 N–H and O–H groups in total. The summed E-state index contributed by atoms with van der Waals surface area (Å²) in [4.78, 5) is 0. The molecule has 0 aliphatic carbocycles. The van der Waals surface area contributed by atoms with Gasteiger partial charge in [0, 0.05) is 53.0 Å². The molecule has 0 saturated heterocycles. The molecule has 0 spiro atoms. The van der Waals surface area contributed by atoms with E-state index in [-0.39, 0.29) is 14.8 Å². The van der Waals surface area contributed by atoms with Crippen molar-refractivity contribution < 1.29 is 46.6 Å². The van der Waals surface area contributed by atoms with E-state index in [1.54, 1.807) is 0 Å². The predicted molar refractivity (Wildman–Crippen MR) is 244 cm³/mol. The Kier molecular flexibility index (Phi) is 2.93. The van der Waals surface area contributed by atoms with Crippen molar-refractivity contribution in [3.05, 3.63) is 205 Å². The summed E-state index contributed by atoms with van der Waals surface area (Å²) in [6, 6.07) is -32.7. The number of para-hydroxylation sites is 2. The first kappa shape index (κ1) is 13.2. The van der Waals surface area contributed by atoms with Gasteiger partial charge in [0.15, 0.2) is 0 Å². The molecule has 0 aliphatic heterocycles. The van der Waals surface area contributed by atoms with Gasteiger partial charge < -0.3 is 9.13 Å². The van der Waals surface area contributed by atoms with Gasteiger partial charge in [-0.1, -0.05) is 139 Å². The molecule has 3 aromatic heterocycles. The summed E-state index contributed by atoms with van der Waals surface area (Å²) < 4.78 is 311. The first-order valence-electron chi connectivity index (χ1n) is 33.7. The lowest BCUT2D eigenvalue weighted by Crippen LogP contribution is -1.97. The van der Waals surface area contributed by atoms with Crippen LogP contribution in [-0.2, 0) is 0 Å². The van der Waals surface area contributed by atoms with Crippen molar-refractivity contribution in [2.45, 2.75) is 0 Å². The van der Waals surface area contributed by atoms with Gasteiger partial charge in [-0.3, -0.25) is 0 Å². The van der Waals surface area contributed by atoms with Crippen molar-refractivity contribution in [1.82, 2.24) is 9.13 Å². The highest BCUT2D eigenvalue weighted by Crippen LogP contribution is 2.44. The third-order valence-electron chi connectivity index (χ3n) is 9.18. The summed E-state index contributed by atoms with van der Waals surface area (Å²) in [5.74, 6) is 0. The average molecular weight is 777 g/mol. The van der Waals surface area contributed by atoms with Gasteiger partial charge in [-0.2, -0.15) is 0 Å². The molecule has 12 aromatic rings. The SMILES string of the molecule is [2H]c1c([2H])c([2H])c(-c2c([2H])c([2H])c([2H])c(-n3c4c([2H])c([2H])c([2H])c([2H])c4c4c([2H])c(-c5c([2H])c([2H])c6c(c5[2H])c5c([2H])c([2H])c([2H])c([2H])c5n6-c5c(-c6c([2H])c([2H])c([2H])c([2H])c6[2H])c([2H])c6sc7c([2H])c([2H])c([2H])c([2H])c7c6c5[2H])c([2H])c([2H])c43)c2[2H])c([2H])c1[2H]. The van der Waals surface area contributed by atoms with Crippen LogP contribution in [0.25, 0.3) is 109 Å². The molecule has 12 rings (SSSR count). The Morgan fingerprint density at radius 2 is 0.842 bits per heavy atom. The van der Waals surface area contributed by atoms with Crippen molar-refractivity contribution in [1.29, 1.82) is 0 Å². The van der Waals surface area contributed by atoms with Crippen LogP contribution in [0.2, 0.25) is 0 Å². The maximum absolute atomic E-state index is 10.2. The van der Waals surface area contributed by atoms with E-state index in [9.17, 15) is 21.9 Å². The van der Waals surface area contributed by atoms with Gasteiger partial charge in [-0.15, -0.1) is 11.3 Å². The first-order valence-corrected chi connectivity index (χ1v) is 17.6. The first-order chi connectivity index (χ1) is 42.4. The lowest BCUT2D eigenvalue weighted by molar-refractivity contribution is 1.18. The van der Waals surface area contributed by atoms with Crippen LogP contribution in [0.4, 0.5) is 0 Å². The van der Waals surface area contributed by atoms with Crippen LogP contribution in [0.5, 0.6) is 0 Å². The van der Waals surface area contributed by atoms with Crippen LogP contribution in [0.1, 0.15) is 46.6 Å². The monoisotopic (exact) mass is 776 g/mol. The smallest absolute Gasteiger partial charge is 0.0652 e. The average Bonchev–Trinajstić information content (AvgIpc) is 1.55. The Hall–Kier alpha value is -7.20. The van der Waals surface area contributed by atoms with Crippen molar-refractivity contribution in [3.8, 4) is 44.8 Å². The van der Waals surface area contributed by atoms with Gasteiger partial charge in [0.25, 0.3) is 0 Å². The molecule has 0 fully saturated rings. The second-order valence-corrected chi connectivity index (χ2v) is 13.3.